The lowest BCUT2D eigenvalue weighted by molar-refractivity contribution is 0.771. The average molecular weight is 438 g/mol. The summed E-state index contributed by atoms with van der Waals surface area (Å²) in [6, 6.07) is 33.4. The maximum absolute atomic E-state index is 4.69. The van der Waals surface area contributed by atoms with Gasteiger partial charge in [0.1, 0.15) is 17.5 Å². The van der Waals surface area contributed by atoms with Crippen molar-refractivity contribution in [2.45, 2.75) is 25.7 Å². The molecule has 0 unspecified atom stereocenters. The Morgan fingerprint density at radius 2 is 1.00 bits per heavy atom. The van der Waals surface area contributed by atoms with Gasteiger partial charge < -0.3 is 0 Å². The molecule has 4 aromatic carbocycles. The third-order valence-electron chi connectivity index (χ3n) is 7.35. The van der Waals surface area contributed by atoms with Crippen molar-refractivity contribution in [3.05, 3.63) is 136 Å². The normalized spacial score (nSPS) is 13.9. The second-order valence-electron chi connectivity index (χ2n) is 9.25. The van der Waals surface area contributed by atoms with Crippen molar-refractivity contribution in [3.63, 3.8) is 0 Å². The van der Waals surface area contributed by atoms with Crippen LogP contribution in [-0.2, 0) is 11.8 Å². The monoisotopic (exact) mass is 437 g/mol. The molecule has 1 aromatic heterocycles. The van der Waals surface area contributed by atoms with Gasteiger partial charge in [0.2, 0.25) is 0 Å². The molecular weight excluding hydrogens is 414 g/mol. The van der Waals surface area contributed by atoms with Crippen molar-refractivity contribution in [1.82, 2.24) is 15.0 Å². The number of hydrogen-bond acceptors (Lipinski definition) is 3. The Morgan fingerprint density at radius 3 is 1.56 bits per heavy atom. The Bertz CT molecular complexity index is 1530. The summed E-state index contributed by atoms with van der Waals surface area (Å²) in [7, 11) is 0. The fraction of sp³-hybridized carbons (Fsp3) is 0.129. The second kappa shape index (κ2) is 6.94. The smallest absolute Gasteiger partial charge is 0.136 e. The van der Waals surface area contributed by atoms with Crippen LogP contribution in [0.3, 0.4) is 0 Å². The molecule has 162 valence electrons. The first kappa shape index (κ1) is 19.4. The van der Waals surface area contributed by atoms with E-state index in [0.717, 1.165) is 17.5 Å². The zero-order chi connectivity index (χ0) is 22.9. The number of hydrogen-bond donors (Lipinski definition) is 0. The molecule has 2 aliphatic carbocycles. The lowest BCUT2D eigenvalue weighted by Crippen LogP contribution is -2.27. The van der Waals surface area contributed by atoms with E-state index in [-0.39, 0.29) is 5.41 Å². The molecule has 7 rings (SSSR count). The van der Waals surface area contributed by atoms with Crippen LogP contribution in [0, 0.1) is 13.8 Å². The van der Waals surface area contributed by atoms with E-state index in [1.54, 1.807) is 0 Å². The summed E-state index contributed by atoms with van der Waals surface area (Å²) in [5.41, 5.74) is 11.6. The molecule has 0 saturated carbocycles. The largest absolute Gasteiger partial charge is 0.219 e. The predicted molar refractivity (Wildman–Crippen MR) is 135 cm³/mol. The second-order valence-corrected chi connectivity index (χ2v) is 9.25. The van der Waals surface area contributed by atoms with Crippen LogP contribution in [0.4, 0.5) is 0 Å². The summed E-state index contributed by atoms with van der Waals surface area (Å²) in [5, 5.41) is 0. The van der Waals surface area contributed by atoms with E-state index in [1.807, 2.05) is 13.8 Å². The zero-order valence-electron chi connectivity index (χ0n) is 19.2. The highest BCUT2D eigenvalue weighted by Crippen LogP contribution is 2.63. The lowest BCUT2D eigenvalue weighted by Gasteiger charge is -2.32. The van der Waals surface area contributed by atoms with Crippen LogP contribution in [-0.4, -0.2) is 15.0 Å². The molecule has 0 radical (unpaired) electrons. The molecule has 0 amide bonds. The van der Waals surface area contributed by atoms with Crippen LogP contribution >= 0.6 is 0 Å². The lowest BCUT2D eigenvalue weighted by atomic mass is 9.69. The fourth-order valence-electron chi connectivity index (χ4n) is 6.32. The molecule has 0 N–H and O–H groups in total. The zero-order valence-corrected chi connectivity index (χ0v) is 19.2. The molecule has 3 heteroatoms. The number of nitrogens with zero attached hydrogens (tertiary/aromatic N) is 3. The molecule has 3 nitrogen and oxygen atoms in total. The first-order chi connectivity index (χ1) is 16.7. The molecule has 2 aliphatic rings. The van der Waals surface area contributed by atoms with Crippen molar-refractivity contribution in [1.29, 1.82) is 0 Å². The molecule has 1 heterocycles. The van der Waals surface area contributed by atoms with Gasteiger partial charge in [0, 0.05) is 6.42 Å². The Labute approximate surface area is 199 Å². The third-order valence-corrected chi connectivity index (χ3v) is 7.35. The summed E-state index contributed by atoms with van der Waals surface area (Å²) in [4.78, 5) is 13.8. The molecule has 5 aromatic rings. The predicted octanol–water partition coefficient (Wildman–Crippen LogP) is 6.42. The van der Waals surface area contributed by atoms with Crippen LogP contribution < -0.4 is 0 Å². The van der Waals surface area contributed by atoms with Crippen molar-refractivity contribution in [3.8, 4) is 22.3 Å². The van der Waals surface area contributed by atoms with Crippen LogP contribution in [0.25, 0.3) is 22.3 Å². The Balaban J connectivity index is 1.59. The number of fused-ring (bicyclic) bond motifs is 10. The van der Waals surface area contributed by atoms with Gasteiger partial charge in [0.15, 0.2) is 0 Å². The van der Waals surface area contributed by atoms with Gasteiger partial charge in [-0.15, -0.1) is 0 Å². The van der Waals surface area contributed by atoms with Crippen molar-refractivity contribution < 1.29 is 0 Å². The van der Waals surface area contributed by atoms with Gasteiger partial charge in [-0.3, -0.25) is 0 Å². The average Bonchev–Trinajstić information content (AvgIpc) is 3.32. The fourth-order valence-corrected chi connectivity index (χ4v) is 6.32. The minimum atomic E-state index is -0.340. The Hall–Kier alpha value is -4.11. The first-order valence-electron chi connectivity index (χ1n) is 11.8. The molecular formula is C31H23N3. The summed E-state index contributed by atoms with van der Waals surface area (Å²) < 4.78 is 0. The highest BCUT2D eigenvalue weighted by atomic mass is 15.0. The maximum atomic E-state index is 4.69. The molecule has 0 saturated heterocycles. The van der Waals surface area contributed by atoms with E-state index < -0.39 is 0 Å². The van der Waals surface area contributed by atoms with E-state index in [4.69, 9.17) is 0 Å². The van der Waals surface area contributed by atoms with Crippen molar-refractivity contribution in [2.75, 3.05) is 0 Å². The number of aryl methyl sites for hydroxylation is 2. The van der Waals surface area contributed by atoms with Gasteiger partial charge in [-0.2, -0.15) is 0 Å². The number of rotatable bonds is 2. The van der Waals surface area contributed by atoms with E-state index >= 15 is 0 Å². The minimum absolute atomic E-state index is 0.340. The van der Waals surface area contributed by atoms with E-state index in [2.05, 4.69) is 106 Å². The molecule has 0 bridgehead atoms. The minimum Gasteiger partial charge on any atom is -0.219 e. The van der Waals surface area contributed by atoms with E-state index in [1.165, 1.54) is 50.1 Å². The topological polar surface area (TPSA) is 38.7 Å². The van der Waals surface area contributed by atoms with Crippen molar-refractivity contribution in [2.24, 2.45) is 0 Å². The first-order valence-corrected chi connectivity index (χ1v) is 11.8. The van der Waals surface area contributed by atoms with Gasteiger partial charge in [-0.05, 0) is 63.9 Å². The quantitative estimate of drug-likeness (QED) is 0.313. The Kier molecular flexibility index (Phi) is 3.96. The number of benzene rings is 4. The SMILES string of the molecule is Cc1nc(C)nc(Cc2cccc3c2C2(c4ccccc4-c4ccccc42)c2ccccc2-3)n1. The number of aromatic nitrogens is 3. The summed E-state index contributed by atoms with van der Waals surface area (Å²) >= 11 is 0. The van der Waals surface area contributed by atoms with Gasteiger partial charge in [0.05, 0.1) is 5.41 Å². The maximum Gasteiger partial charge on any atom is 0.136 e. The Morgan fingerprint density at radius 1 is 0.529 bits per heavy atom. The molecule has 0 fully saturated rings. The van der Waals surface area contributed by atoms with Crippen molar-refractivity contribution >= 4 is 0 Å². The summed E-state index contributed by atoms with van der Waals surface area (Å²) in [6.07, 6.45) is 0.674. The van der Waals surface area contributed by atoms with Crippen LogP contribution in [0.2, 0.25) is 0 Å². The van der Waals surface area contributed by atoms with Crippen LogP contribution in [0.5, 0.6) is 0 Å². The van der Waals surface area contributed by atoms with E-state index in [0.29, 0.717) is 6.42 Å². The molecule has 34 heavy (non-hydrogen) atoms. The molecule has 1 spiro atoms. The molecule has 0 atom stereocenters. The van der Waals surface area contributed by atoms with E-state index in [9.17, 15) is 0 Å². The van der Waals surface area contributed by atoms with Gasteiger partial charge >= 0.3 is 0 Å². The van der Waals surface area contributed by atoms with Gasteiger partial charge in [-0.1, -0.05) is 91.0 Å². The molecule has 0 aliphatic heterocycles. The van der Waals surface area contributed by atoms with Gasteiger partial charge in [-0.25, -0.2) is 15.0 Å². The third kappa shape index (κ3) is 2.44. The summed E-state index contributed by atoms with van der Waals surface area (Å²) in [6.45, 7) is 3.88. The highest BCUT2D eigenvalue weighted by Gasteiger charge is 2.52. The van der Waals surface area contributed by atoms with Crippen LogP contribution in [0.15, 0.2) is 91.0 Å². The summed E-state index contributed by atoms with van der Waals surface area (Å²) in [5.74, 6) is 2.36. The standard InChI is InChI=1S/C31H23N3/c1-19-32-20(2)34-29(33-19)18-21-10-9-14-25-24-13-5-8-17-28(24)31(30(21)25)26-15-6-3-11-22(26)23-12-4-7-16-27(23)31/h3-17H,18H2,1-2H3. The van der Waals surface area contributed by atoms with Gasteiger partial charge in [0.25, 0.3) is 0 Å². The van der Waals surface area contributed by atoms with Crippen LogP contribution in [0.1, 0.15) is 45.3 Å². The highest BCUT2D eigenvalue weighted by molar-refractivity contribution is 5.95.